The van der Waals surface area contributed by atoms with Crippen molar-refractivity contribution in [3.63, 3.8) is 0 Å². The van der Waals surface area contributed by atoms with Gasteiger partial charge in [-0.25, -0.2) is 9.97 Å². The molecule has 1 rings (SSSR count). The van der Waals surface area contributed by atoms with Crippen molar-refractivity contribution in [3.8, 4) is 11.8 Å². The number of aromatic nitrogens is 2. The van der Waals surface area contributed by atoms with Crippen LogP contribution in [0, 0.1) is 17.8 Å². The van der Waals surface area contributed by atoms with Gasteiger partial charge >= 0.3 is 0 Å². The van der Waals surface area contributed by atoms with Crippen LogP contribution in [0.3, 0.4) is 0 Å². The van der Waals surface area contributed by atoms with E-state index in [-0.39, 0.29) is 0 Å². The lowest BCUT2D eigenvalue weighted by Gasteiger charge is -1.90. The predicted molar refractivity (Wildman–Crippen MR) is 49.1 cm³/mol. The van der Waals surface area contributed by atoms with Crippen molar-refractivity contribution in [1.29, 1.82) is 0 Å². The third kappa shape index (κ3) is 3.04. The van der Waals surface area contributed by atoms with Crippen LogP contribution in [0.15, 0.2) is 12.4 Å². The average molecular weight is 174 g/mol. The maximum absolute atomic E-state index is 10.3. The second kappa shape index (κ2) is 4.36. The van der Waals surface area contributed by atoms with E-state index in [2.05, 4.69) is 21.8 Å². The summed E-state index contributed by atoms with van der Waals surface area (Å²) in [5.41, 5.74) is 0.468. The molecule has 0 atom stereocenters. The van der Waals surface area contributed by atoms with Crippen molar-refractivity contribution in [2.75, 3.05) is 0 Å². The van der Waals surface area contributed by atoms with E-state index in [1.165, 1.54) is 12.4 Å². The lowest BCUT2D eigenvalue weighted by Crippen LogP contribution is -1.91. The maximum Gasteiger partial charge on any atom is 0.204 e. The van der Waals surface area contributed by atoms with Crippen LogP contribution in [0.2, 0.25) is 0 Å². The van der Waals surface area contributed by atoms with Crippen LogP contribution in [-0.4, -0.2) is 16.3 Å². The van der Waals surface area contributed by atoms with E-state index < -0.39 is 0 Å². The summed E-state index contributed by atoms with van der Waals surface area (Å²) < 4.78 is 0. The Labute approximate surface area is 77.2 Å². The summed E-state index contributed by atoms with van der Waals surface area (Å²) in [6.45, 7) is 3.99. The molecule has 1 aromatic heterocycles. The molecule has 0 bridgehead atoms. The lowest BCUT2D eigenvalue weighted by molar-refractivity contribution is 0.112. The SMILES string of the molecule is CC(C)C#Cc1ncc(C=O)cn1. The van der Waals surface area contributed by atoms with Crippen molar-refractivity contribution < 1.29 is 4.79 Å². The normalized spacial score (nSPS) is 9.15. The van der Waals surface area contributed by atoms with Crippen LogP contribution in [0.5, 0.6) is 0 Å². The summed E-state index contributed by atoms with van der Waals surface area (Å²) in [5.74, 6) is 6.50. The number of rotatable bonds is 1. The zero-order valence-corrected chi connectivity index (χ0v) is 7.61. The van der Waals surface area contributed by atoms with Gasteiger partial charge in [-0.1, -0.05) is 19.8 Å². The molecule has 66 valence electrons. The second-order valence-electron chi connectivity index (χ2n) is 2.88. The van der Waals surface area contributed by atoms with Gasteiger partial charge in [0, 0.05) is 18.3 Å². The van der Waals surface area contributed by atoms with Crippen molar-refractivity contribution >= 4 is 6.29 Å². The van der Waals surface area contributed by atoms with Gasteiger partial charge in [0.25, 0.3) is 0 Å². The number of carbonyl (C=O) groups is 1. The molecule has 0 aliphatic carbocycles. The van der Waals surface area contributed by atoms with Crippen LogP contribution in [0.1, 0.15) is 30.0 Å². The maximum atomic E-state index is 10.3. The molecule has 0 saturated heterocycles. The lowest BCUT2D eigenvalue weighted by atomic mass is 10.2. The number of hydrogen-bond acceptors (Lipinski definition) is 3. The molecular weight excluding hydrogens is 164 g/mol. The van der Waals surface area contributed by atoms with Crippen LogP contribution in [-0.2, 0) is 0 Å². The summed E-state index contributed by atoms with van der Waals surface area (Å²) in [6.07, 6.45) is 3.63. The minimum absolute atomic E-state index is 0.300. The highest BCUT2D eigenvalue weighted by Crippen LogP contribution is 1.92. The molecular formula is C10H10N2O. The molecule has 0 unspecified atom stereocenters. The largest absolute Gasteiger partial charge is 0.298 e. The highest BCUT2D eigenvalue weighted by molar-refractivity contribution is 5.73. The molecule has 0 amide bonds. The molecule has 0 radical (unpaired) electrons. The van der Waals surface area contributed by atoms with Crippen LogP contribution < -0.4 is 0 Å². The average Bonchev–Trinajstić information content (AvgIpc) is 2.15. The van der Waals surface area contributed by atoms with Crippen molar-refractivity contribution in [3.05, 3.63) is 23.8 Å². The molecule has 0 aliphatic rings. The minimum atomic E-state index is 0.300. The molecule has 3 nitrogen and oxygen atoms in total. The van der Waals surface area contributed by atoms with Gasteiger partial charge < -0.3 is 0 Å². The third-order valence-corrected chi connectivity index (χ3v) is 1.28. The van der Waals surface area contributed by atoms with E-state index in [9.17, 15) is 4.79 Å². The Balaban J connectivity index is 2.82. The summed E-state index contributed by atoms with van der Waals surface area (Å²) in [4.78, 5) is 18.1. The molecule has 0 spiro atoms. The van der Waals surface area contributed by atoms with Crippen LogP contribution >= 0.6 is 0 Å². The molecule has 0 aliphatic heterocycles. The number of carbonyl (C=O) groups excluding carboxylic acids is 1. The number of hydrogen-bond donors (Lipinski definition) is 0. The fraction of sp³-hybridized carbons (Fsp3) is 0.300. The van der Waals surface area contributed by atoms with Crippen molar-refractivity contribution in [2.24, 2.45) is 5.92 Å². The molecule has 0 saturated carbocycles. The van der Waals surface area contributed by atoms with Crippen LogP contribution in [0.4, 0.5) is 0 Å². The first-order valence-electron chi connectivity index (χ1n) is 4.01. The quantitative estimate of drug-likeness (QED) is 0.476. The topological polar surface area (TPSA) is 42.9 Å². The Bertz CT molecular complexity index is 343. The van der Waals surface area contributed by atoms with E-state index in [0.29, 0.717) is 23.6 Å². The van der Waals surface area contributed by atoms with Gasteiger partial charge in [0.1, 0.15) is 0 Å². The minimum Gasteiger partial charge on any atom is -0.298 e. The van der Waals surface area contributed by atoms with E-state index in [0.717, 1.165) is 0 Å². The summed E-state index contributed by atoms with van der Waals surface area (Å²) in [6, 6.07) is 0. The molecule has 1 aromatic rings. The molecule has 1 heterocycles. The van der Waals surface area contributed by atoms with E-state index in [1.807, 2.05) is 13.8 Å². The Morgan fingerprint density at radius 3 is 2.46 bits per heavy atom. The smallest absolute Gasteiger partial charge is 0.204 e. The summed E-state index contributed by atoms with van der Waals surface area (Å²) in [5, 5.41) is 0. The zero-order chi connectivity index (χ0) is 9.68. The van der Waals surface area contributed by atoms with Crippen molar-refractivity contribution in [2.45, 2.75) is 13.8 Å². The van der Waals surface area contributed by atoms with Gasteiger partial charge in [-0.05, 0) is 5.92 Å². The van der Waals surface area contributed by atoms with Gasteiger partial charge in [0.05, 0.1) is 5.56 Å². The van der Waals surface area contributed by atoms with Gasteiger partial charge in [-0.2, -0.15) is 0 Å². The Morgan fingerprint density at radius 1 is 1.38 bits per heavy atom. The Kier molecular flexibility index (Phi) is 3.15. The Morgan fingerprint density at radius 2 is 2.00 bits per heavy atom. The molecule has 0 N–H and O–H groups in total. The monoisotopic (exact) mass is 174 g/mol. The van der Waals surface area contributed by atoms with Crippen molar-refractivity contribution in [1.82, 2.24) is 9.97 Å². The summed E-state index contributed by atoms with van der Waals surface area (Å²) >= 11 is 0. The van der Waals surface area contributed by atoms with E-state index in [1.54, 1.807) is 0 Å². The highest BCUT2D eigenvalue weighted by atomic mass is 16.1. The molecule has 0 fully saturated rings. The van der Waals surface area contributed by atoms with Crippen LogP contribution in [0.25, 0.3) is 0 Å². The first-order chi connectivity index (χ1) is 6.22. The zero-order valence-electron chi connectivity index (χ0n) is 7.61. The molecule has 13 heavy (non-hydrogen) atoms. The highest BCUT2D eigenvalue weighted by Gasteiger charge is 1.92. The molecule has 0 aromatic carbocycles. The predicted octanol–water partition coefficient (Wildman–Crippen LogP) is 1.30. The number of nitrogens with zero attached hydrogens (tertiary/aromatic N) is 2. The third-order valence-electron chi connectivity index (χ3n) is 1.28. The first kappa shape index (κ1) is 9.40. The molecule has 3 heteroatoms. The Hall–Kier alpha value is -1.69. The first-order valence-corrected chi connectivity index (χ1v) is 4.01. The van der Waals surface area contributed by atoms with Gasteiger partial charge in [-0.15, -0.1) is 0 Å². The fourth-order valence-electron chi connectivity index (χ4n) is 0.672. The van der Waals surface area contributed by atoms with E-state index in [4.69, 9.17) is 0 Å². The second-order valence-corrected chi connectivity index (χ2v) is 2.88. The number of aldehydes is 1. The fourth-order valence-corrected chi connectivity index (χ4v) is 0.672. The van der Waals surface area contributed by atoms with Gasteiger partial charge in [0.15, 0.2) is 6.29 Å². The summed E-state index contributed by atoms with van der Waals surface area (Å²) in [7, 11) is 0. The van der Waals surface area contributed by atoms with Gasteiger partial charge in [0.2, 0.25) is 5.82 Å². The van der Waals surface area contributed by atoms with E-state index >= 15 is 0 Å². The standard InChI is InChI=1S/C10H10N2O/c1-8(2)3-4-10-11-5-9(7-13)6-12-10/h5-8H,1-2H3. The van der Waals surface area contributed by atoms with Gasteiger partial charge in [-0.3, -0.25) is 4.79 Å².